The van der Waals surface area contributed by atoms with Crippen LogP contribution in [0.2, 0.25) is 0 Å². The molecule has 0 spiro atoms. The Labute approximate surface area is 198 Å². The fourth-order valence-electron chi connectivity index (χ4n) is 3.81. The van der Waals surface area contributed by atoms with Crippen molar-refractivity contribution in [2.75, 3.05) is 4.90 Å². The average Bonchev–Trinajstić information content (AvgIpc) is 3.11. The van der Waals surface area contributed by atoms with E-state index in [0.717, 1.165) is 4.47 Å². The standard InChI is InChI=1S/C28H30BrNS/c1-27(2,3)19-11-13-22(14-12-19)30(25-18-31-26-10-8-7-9-24(25)26)23-16-20(28(4,5)6)15-21(29)17-23/h7-18H,1-6H3. The summed E-state index contributed by atoms with van der Waals surface area (Å²) >= 11 is 5.57. The number of benzene rings is 3. The highest BCUT2D eigenvalue weighted by Crippen LogP contribution is 2.44. The zero-order valence-electron chi connectivity index (χ0n) is 19.2. The molecule has 0 radical (unpaired) electrons. The Hall–Kier alpha value is -2.10. The minimum absolute atomic E-state index is 0.0665. The summed E-state index contributed by atoms with van der Waals surface area (Å²) in [4.78, 5) is 2.39. The van der Waals surface area contributed by atoms with E-state index in [2.05, 4.69) is 134 Å². The van der Waals surface area contributed by atoms with Gasteiger partial charge in [0, 0.05) is 31.3 Å². The summed E-state index contributed by atoms with van der Waals surface area (Å²) in [5, 5.41) is 3.56. The number of halogens is 1. The Morgan fingerprint density at radius 2 is 1.35 bits per heavy atom. The minimum Gasteiger partial charge on any atom is -0.309 e. The quantitative estimate of drug-likeness (QED) is 0.275. The third kappa shape index (κ3) is 4.58. The van der Waals surface area contributed by atoms with Gasteiger partial charge in [0.05, 0.1) is 5.69 Å². The summed E-state index contributed by atoms with van der Waals surface area (Å²) < 4.78 is 2.41. The number of hydrogen-bond acceptors (Lipinski definition) is 2. The highest BCUT2D eigenvalue weighted by Gasteiger charge is 2.22. The zero-order valence-corrected chi connectivity index (χ0v) is 21.6. The van der Waals surface area contributed by atoms with Crippen LogP contribution in [0.15, 0.2) is 76.6 Å². The van der Waals surface area contributed by atoms with Crippen molar-refractivity contribution in [2.45, 2.75) is 52.4 Å². The maximum Gasteiger partial charge on any atom is 0.0647 e. The second kappa shape index (κ2) is 8.11. The molecule has 1 heterocycles. The van der Waals surface area contributed by atoms with Gasteiger partial charge in [0.25, 0.3) is 0 Å². The Balaban J connectivity index is 1.94. The van der Waals surface area contributed by atoms with Crippen LogP contribution in [0.1, 0.15) is 52.7 Å². The molecule has 0 aliphatic heterocycles. The van der Waals surface area contributed by atoms with Crippen molar-refractivity contribution in [1.29, 1.82) is 0 Å². The molecular formula is C28H30BrNS. The van der Waals surface area contributed by atoms with Crippen molar-refractivity contribution in [2.24, 2.45) is 0 Å². The highest BCUT2D eigenvalue weighted by molar-refractivity contribution is 9.10. The summed E-state index contributed by atoms with van der Waals surface area (Å²) in [6, 6.07) is 24.5. The van der Waals surface area contributed by atoms with E-state index in [0.29, 0.717) is 0 Å². The predicted molar refractivity (Wildman–Crippen MR) is 142 cm³/mol. The molecule has 1 nitrogen and oxygen atoms in total. The molecule has 160 valence electrons. The molecule has 3 aromatic carbocycles. The zero-order chi connectivity index (χ0) is 22.4. The summed E-state index contributed by atoms with van der Waals surface area (Å²) in [5.74, 6) is 0. The molecule has 31 heavy (non-hydrogen) atoms. The first-order chi connectivity index (χ1) is 14.5. The molecule has 3 heteroatoms. The normalized spacial score (nSPS) is 12.4. The van der Waals surface area contributed by atoms with Crippen molar-refractivity contribution in [1.82, 2.24) is 0 Å². The van der Waals surface area contributed by atoms with Crippen LogP contribution in [0.4, 0.5) is 17.1 Å². The van der Waals surface area contributed by atoms with E-state index in [1.54, 1.807) is 11.3 Å². The first kappa shape index (κ1) is 22.1. The smallest absolute Gasteiger partial charge is 0.0647 e. The van der Waals surface area contributed by atoms with Crippen molar-refractivity contribution >= 4 is 54.4 Å². The largest absolute Gasteiger partial charge is 0.309 e. The van der Waals surface area contributed by atoms with E-state index in [4.69, 9.17) is 0 Å². The Morgan fingerprint density at radius 3 is 2.00 bits per heavy atom. The van der Waals surface area contributed by atoms with Gasteiger partial charge in [0.15, 0.2) is 0 Å². The lowest BCUT2D eigenvalue weighted by molar-refractivity contribution is 0.589. The maximum absolute atomic E-state index is 3.77. The van der Waals surface area contributed by atoms with Crippen molar-refractivity contribution in [3.63, 3.8) is 0 Å². The number of thiophene rings is 1. The number of hydrogen-bond donors (Lipinski definition) is 0. The van der Waals surface area contributed by atoms with Gasteiger partial charge in [-0.05, 0) is 58.4 Å². The van der Waals surface area contributed by atoms with Crippen LogP contribution in [0.3, 0.4) is 0 Å². The lowest BCUT2D eigenvalue weighted by Crippen LogP contribution is -2.15. The van der Waals surface area contributed by atoms with E-state index in [1.165, 1.54) is 38.3 Å². The molecule has 0 saturated carbocycles. The van der Waals surface area contributed by atoms with Crippen LogP contribution in [0, 0.1) is 0 Å². The Morgan fingerprint density at radius 1 is 0.710 bits per heavy atom. The summed E-state index contributed by atoms with van der Waals surface area (Å²) in [6.45, 7) is 13.6. The van der Waals surface area contributed by atoms with Gasteiger partial charge in [-0.15, -0.1) is 11.3 Å². The van der Waals surface area contributed by atoms with Gasteiger partial charge in [-0.1, -0.05) is 87.8 Å². The molecule has 0 bridgehead atoms. The fraction of sp³-hybridized carbons (Fsp3) is 0.286. The number of nitrogens with zero attached hydrogens (tertiary/aromatic N) is 1. The Kier molecular flexibility index (Phi) is 5.78. The van der Waals surface area contributed by atoms with Crippen LogP contribution in [0.25, 0.3) is 10.1 Å². The molecule has 4 rings (SSSR count). The van der Waals surface area contributed by atoms with Crippen molar-refractivity contribution < 1.29 is 0 Å². The van der Waals surface area contributed by atoms with Gasteiger partial charge >= 0.3 is 0 Å². The monoisotopic (exact) mass is 491 g/mol. The molecular weight excluding hydrogens is 462 g/mol. The average molecular weight is 493 g/mol. The van der Waals surface area contributed by atoms with Gasteiger partial charge in [-0.3, -0.25) is 0 Å². The van der Waals surface area contributed by atoms with E-state index in [9.17, 15) is 0 Å². The highest BCUT2D eigenvalue weighted by atomic mass is 79.9. The van der Waals surface area contributed by atoms with Crippen LogP contribution in [-0.2, 0) is 10.8 Å². The third-order valence-electron chi connectivity index (χ3n) is 5.70. The second-order valence-corrected chi connectivity index (χ2v) is 12.0. The summed E-state index contributed by atoms with van der Waals surface area (Å²) in [7, 11) is 0. The van der Waals surface area contributed by atoms with E-state index in [1.807, 2.05) is 0 Å². The van der Waals surface area contributed by atoms with Crippen molar-refractivity contribution in [3.8, 4) is 0 Å². The number of fused-ring (bicyclic) bond motifs is 1. The first-order valence-corrected chi connectivity index (χ1v) is 12.4. The second-order valence-electron chi connectivity index (χ2n) is 10.2. The Bertz CT molecular complexity index is 1210. The van der Waals surface area contributed by atoms with Crippen molar-refractivity contribution in [3.05, 3.63) is 87.7 Å². The molecule has 0 N–H and O–H groups in total. The van der Waals surface area contributed by atoms with Crippen LogP contribution >= 0.6 is 27.3 Å². The fourth-order valence-corrected chi connectivity index (χ4v) is 5.22. The molecule has 1 aromatic heterocycles. The predicted octanol–water partition coefficient (Wildman–Crippen LogP) is 9.73. The lowest BCUT2D eigenvalue weighted by atomic mass is 9.86. The lowest BCUT2D eigenvalue weighted by Gasteiger charge is -2.29. The minimum atomic E-state index is 0.0665. The molecule has 4 aromatic rings. The molecule has 0 fully saturated rings. The molecule has 0 atom stereocenters. The number of anilines is 3. The summed E-state index contributed by atoms with van der Waals surface area (Å²) in [6.07, 6.45) is 0. The maximum atomic E-state index is 3.77. The number of rotatable bonds is 3. The summed E-state index contributed by atoms with van der Waals surface area (Å²) in [5.41, 5.74) is 6.43. The van der Waals surface area contributed by atoms with E-state index in [-0.39, 0.29) is 10.8 Å². The first-order valence-electron chi connectivity index (χ1n) is 10.7. The van der Waals surface area contributed by atoms with Gasteiger partial charge in [-0.25, -0.2) is 0 Å². The SMILES string of the molecule is CC(C)(C)c1ccc(N(c2cc(Br)cc(C(C)(C)C)c2)c2csc3ccccc23)cc1. The van der Waals surface area contributed by atoms with Crippen LogP contribution < -0.4 is 4.90 Å². The molecule has 0 aliphatic rings. The molecule has 0 aliphatic carbocycles. The van der Waals surface area contributed by atoms with E-state index >= 15 is 0 Å². The topological polar surface area (TPSA) is 3.24 Å². The van der Waals surface area contributed by atoms with Gasteiger partial charge in [-0.2, -0.15) is 0 Å². The van der Waals surface area contributed by atoms with Crippen LogP contribution in [-0.4, -0.2) is 0 Å². The van der Waals surface area contributed by atoms with Gasteiger partial charge in [0.1, 0.15) is 0 Å². The van der Waals surface area contributed by atoms with Gasteiger partial charge < -0.3 is 4.90 Å². The van der Waals surface area contributed by atoms with Crippen LogP contribution in [0.5, 0.6) is 0 Å². The third-order valence-corrected chi connectivity index (χ3v) is 7.11. The molecule has 0 saturated heterocycles. The van der Waals surface area contributed by atoms with Gasteiger partial charge in [0.2, 0.25) is 0 Å². The molecule has 0 amide bonds. The van der Waals surface area contributed by atoms with E-state index < -0.39 is 0 Å². The molecule has 0 unspecified atom stereocenters.